The van der Waals surface area contributed by atoms with Gasteiger partial charge < -0.3 is 24.0 Å². The Hall–Kier alpha value is -3.68. The van der Waals surface area contributed by atoms with Crippen LogP contribution in [0.2, 0.25) is 0 Å². The number of aromatic amines is 1. The Labute approximate surface area is 202 Å². The fourth-order valence-corrected chi connectivity index (χ4v) is 4.74. The minimum absolute atomic E-state index is 0.0105. The lowest BCUT2D eigenvalue weighted by Crippen LogP contribution is -2.52. The molecule has 192 valence electrons. The maximum atomic E-state index is 13.8. The Balaban J connectivity index is 0.000000330. The summed E-state index contributed by atoms with van der Waals surface area (Å²) in [4.78, 5) is 36.4. The van der Waals surface area contributed by atoms with Crippen LogP contribution in [0, 0.1) is 0 Å². The van der Waals surface area contributed by atoms with Gasteiger partial charge >= 0.3 is 6.18 Å². The van der Waals surface area contributed by atoms with Crippen LogP contribution in [0.5, 0.6) is 0 Å². The Bertz CT molecular complexity index is 1260. The molecule has 0 amide bonds. The van der Waals surface area contributed by atoms with Crippen molar-refractivity contribution in [2.24, 2.45) is 0 Å². The molecule has 1 N–H and O–H groups in total. The number of nitrogens with zero attached hydrogens (tertiary/aromatic N) is 6. The maximum absolute atomic E-state index is 13.8. The van der Waals surface area contributed by atoms with E-state index in [0.717, 1.165) is 17.7 Å². The molecule has 2 bridgehead atoms. The van der Waals surface area contributed by atoms with Gasteiger partial charge in [0.2, 0.25) is 5.95 Å². The predicted octanol–water partition coefficient (Wildman–Crippen LogP) is 1.71. The quantitative estimate of drug-likeness (QED) is 0.565. The molecule has 0 spiro atoms. The van der Waals surface area contributed by atoms with Gasteiger partial charge in [0, 0.05) is 44.0 Å². The van der Waals surface area contributed by atoms with Crippen LogP contribution in [-0.2, 0) is 17.8 Å². The average Bonchev–Trinajstić information content (AvgIpc) is 3.48. The minimum Gasteiger partial charge on any atom is -0.371 e. The van der Waals surface area contributed by atoms with Crippen molar-refractivity contribution >= 4 is 11.8 Å². The number of nitrogens with one attached hydrogen (secondary N) is 1. The number of anilines is 2. The smallest absolute Gasteiger partial charge is 0.371 e. The van der Waals surface area contributed by atoms with E-state index in [9.17, 15) is 22.8 Å². The third-order valence-electron chi connectivity index (χ3n) is 6.39. The summed E-state index contributed by atoms with van der Waals surface area (Å²) in [6.07, 6.45) is 1.51. The third kappa shape index (κ3) is 5.12. The number of ether oxygens (including phenoxy) is 1. The molecule has 0 aromatic carbocycles. The summed E-state index contributed by atoms with van der Waals surface area (Å²) in [5.41, 5.74) is -0.470. The molecule has 11 nitrogen and oxygen atoms in total. The van der Waals surface area contributed by atoms with Gasteiger partial charge in [0.1, 0.15) is 11.9 Å². The highest BCUT2D eigenvalue weighted by Gasteiger charge is 2.47. The van der Waals surface area contributed by atoms with Crippen LogP contribution in [0.25, 0.3) is 0 Å². The third-order valence-corrected chi connectivity index (χ3v) is 6.39. The number of H-pyrrole nitrogens is 1. The molecule has 3 aromatic rings. The number of halogens is 3. The fraction of sp³-hybridized carbons (Fsp3) is 0.500. The van der Waals surface area contributed by atoms with Crippen LogP contribution in [0.4, 0.5) is 24.9 Å². The van der Waals surface area contributed by atoms with E-state index in [1.165, 1.54) is 41.5 Å². The molecular formula is C22H24F3N7O4. The first kappa shape index (κ1) is 24.0. The van der Waals surface area contributed by atoms with Gasteiger partial charge in [-0.05, 0) is 19.3 Å². The van der Waals surface area contributed by atoms with Crippen LogP contribution in [-0.4, -0.2) is 62.2 Å². The van der Waals surface area contributed by atoms with Gasteiger partial charge in [0.15, 0.2) is 5.76 Å². The zero-order valence-corrected chi connectivity index (χ0v) is 19.1. The SMILES string of the molecule is O=c1cc(N2CC3CCC(C2)O3)nc2n1CC[C@@H](C(F)(F)F)N2Cc1ccno1.O=c1ccnc[nH]1. The molecule has 3 aliphatic rings. The second-order valence-electron chi connectivity index (χ2n) is 8.82. The first-order valence-electron chi connectivity index (χ1n) is 11.5. The van der Waals surface area contributed by atoms with Crippen LogP contribution < -0.4 is 20.9 Å². The van der Waals surface area contributed by atoms with Gasteiger partial charge in [-0.1, -0.05) is 5.16 Å². The number of morpholine rings is 1. The number of aromatic nitrogens is 5. The molecule has 36 heavy (non-hydrogen) atoms. The topological polar surface area (TPSA) is 122 Å². The molecule has 3 aliphatic heterocycles. The van der Waals surface area contributed by atoms with Crippen LogP contribution in [0.1, 0.15) is 25.0 Å². The van der Waals surface area contributed by atoms with Crippen molar-refractivity contribution in [2.75, 3.05) is 22.9 Å². The molecule has 3 aromatic heterocycles. The van der Waals surface area contributed by atoms with Gasteiger partial charge in [0.05, 0.1) is 31.3 Å². The van der Waals surface area contributed by atoms with E-state index in [-0.39, 0.29) is 54.5 Å². The standard InChI is InChI=1S/C18H20F3N5O3.C4H4N2O/c19-18(20,21)14-4-6-25-16(27)7-15(24-8-11-1-2-12(9-24)28-11)23-17(25)26(14)10-13-3-5-22-29-13;7-4-1-2-5-3-6-4/h3,5,7,11-12,14H,1-2,4,6,8-10H2;1-3H,(H,5,6,7)/t11?,12?,14-;/m0./s1. The Morgan fingerprint density at radius 2 is 1.86 bits per heavy atom. The Kier molecular flexibility index (Phi) is 6.51. The van der Waals surface area contributed by atoms with Crippen LogP contribution >= 0.6 is 0 Å². The van der Waals surface area contributed by atoms with Crippen LogP contribution in [0.15, 0.2) is 51.0 Å². The number of hydrogen-bond acceptors (Lipinski definition) is 9. The monoisotopic (exact) mass is 507 g/mol. The zero-order valence-electron chi connectivity index (χ0n) is 19.1. The van der Waals surface area contributed by atoms with Crippen molar-refractivity contribution in [3.05, 3.63) is 63.4 Å². The van der Waals surface area contributed by atoms with E-state index in [1.807, 2.05) is 4.90 Å². The van der Waals surface area contributed by atoms with E-state index in [4.69, 9.17) is 9.26 Å². The van der Waals surface area contributed by atoms with Crippen molar-refractivity contribution in [1.29, 1.82) is 0 Å². The normalized spacial score (nSPS) is 23.1. The van der Waals surface area contributed by atoms with Crippen molar-refractivity contribution in [3.63, 3.8) is 0 Å². The number of rotatable bonds is 3. The van der Waals surface area contributed by atoms with Crippen LogP contribution in [0.3, 0.4) is 0 Å². The van der Waals surface area contributed by atoms with Gasteiger partial charge in [-0.3, -0.25) is 14.2 Å². The Morgan fingerprint density at radius 1 is 1.08 bits per heavy atom. The maximum Gasteiger partial charge on any atom is 0.408 e. The zero-order chi connectivity index (χ0) is 25.3. The first-order chi connectivity index (χ1) is 17.3. The molecule has 14 heteroatoms. The molecular weight excluding hydrogens is 483 g/mol. The van der Waals surface area contributed by atoms with Gasteiger partial charge in [0.25, 0.3) is 11.1 Å². The van der Waals surface area contributed by atoms with Crippen molar-refractivity contribution in [3.8, 4) is 0 Å². The van der Waals surface area contributed by atoms with Gasteiger partial charge in [-0.15, -0.1) is 0 Å². The average molecular weight is 507 g/mol. The van der Waals surface area contributed by atoms with E-state index in [2.05, 4.69) is 20.1 Å². The predicted molar refractivity (Wildman–Crippen MR) is 121 cm³/mol. The lowest BCUT2D eigenvalue weighted by atomic mass is 10.1. The highest BCUT2D eigenvalue weighted by Crippen LogP contribution is 2.36. The molecule has 0 aliphatic carbocycles. The molecule has 3 atom stereocenters. The molecule has 2 fully saturated rings. The summed E-state index contributed by atoms with van der Waals surface area (Å²) in [5.74, 6) is 0.680. The van der Waals surface area contributed by atoms with Crippen molar-refractivity contribution in [2.45, 2.75) is 56.8 Å². The molecule has 2 unspecified atom stereocenters. The minimum atomic E-state index is -4.46. The lowest BCUT2D eigenvalue weighted by molar-refractivity contribution is -0.153. The summed E-state index contributed by atoms with van der Waals surface area (Å²) in [7, 11) is 0. The number of hydrogen-bond donors (Lipinski definition) is 1. The first-order valence-corrected chi connectivity index (χ1v) is 11.5. The molecule has 2 saturated heterocycles. The molecule has 0 radical (unpaired) electrons. The van der Waals surface area contributed by atoms with E-state index >= 15 is 0 Å². The summed E-state index contributed by atoms with van der Waals surface area (Å²) in [5, 5.41) is 3.57. The summed E-state index contributed by atoms with van der Waals surface area (Å²) >= 11 is 0. The second kappa shape index (κ2) is 9.76. The molecule has 0 saturated carbocycles. The van der Waals surface area contributed by atoms with Gasteiger partial charge in [-0.25, -0.2) is 4.98 Å². The van der Waals surface area contributed by atoms with Crippen molar-refractivity contribution in [1.82, 2.24) is 24.7 Å². The van der Waals surface area contributed by atoms with E-state index < -0.39 is 12.2 Å². The summed E-state index contributed by atoms with van der Waals surface area (Å²) in [6, 6.07) is 2.53. The van der Waals surface area contributed by atoms with Gasteiger partial charge in [-0.2, -0.15) is 18.2 Å². The highest BCUT2D eigenvalue weighted by atomic mass is 19.4. The van der Waals surface area contributed by atoms with Crippen molar-refractivity contribution < 1.29 is 22.4 Å². The largest absolute Gasteiger partial charge is 0.408 e. The summed E-state index contributed by atoms with van der Waals surface area (Å²) < 4.78 is 53.4. The van der Waals surface area contributed by atoms with E-state index in [1.54, 1.807) is 0 Å². The van der Waals surface area contributed by atoms with E-state index in [0.29, 0.717) is 18.9 Å². The lowest BCUT2D eigenvalue weighted by Gasteiger charge is -2.39. The highest BCUT2D eigenvalue weighted by molar-refractivity contribution is 5.47. The second-order valence-corrected chi connectivity index (χ2v) is 8.82. The number of alkyl halides is 3. The molecule has 6 heterocycles. The Morgan fingerprint density at radius 3 is 2.44 bits per heavy atom. The fourth-order valence-electron chi connectivity index (χ4n) is 4.74. The molecule has 6 rings (SSSR count). The number of fused-ring (bicyclic) bond motifs is 3. The summed E-state index contributed by atoms with van der Waals surface area (Å²) in [6.45, 7) is 0.954.